The van der Waals surface area contributed by atoms with Crippen molar-refractivity contribution in [2.24, 2.45) is 0 Å². The van der Waals surface area contributed by atoms with E-state index in [0.29, 0.717) is 17.2 Å². The van der Waals surface area contributed by atoms with Crippen molar-refractivity contribution in [1.29, 1.82) is 0 Å². The van der Waals surface area contributed by atoms with E-state index in [4.69, 9.17) is 20.6 Å². The van der Waals surface area contributed by atoms with Crippen molar-refractivity contribution in [3.63, 3.8) is 0 Å². The average molecular weight is 432 g/mol. The molecule has 0 radical (unpaired) electrons. The second-order valence-electron chi connectivity index (χ2n) is 6.77. The Morgan fingerprint density at radius 3 is 2.77 bits per heavy atom. The molecule has 1 fully saturated rings. The lowest BCUT2D eigenvalue weighted by Gasteiger charge is -2.18. The smallest absolute Gasteiger partial charge is 0.423 e. The van der Waals surface area contributed by atoms with E-state index < -0.39 is 47.4 Å². The summed E-state index contributed by atoms with van der Waals surface area (Å²) < 4.78 is 56.0. The number of hydrogen-bond acceptors (Lipinski definition) is 6. The fourth-order valence-corrected chi connectivity index (χ4v) is 3.02. The maximum absolute atomic E-state index is 13.0. The molecule has 2 heterocycles. The minimum Gasteiger partial charge on any atom is -0.463 e. The summed E-state index contributed by atoms with van der Waals surface area (Å²) in [6, 6.07) is 0. The summed E-state index contributed by atoms with van der Waals surface area (Å²) in [5.41, 5.74) is -4.14. The summed E-state index contributed by atoms with van der Waals surface area (Å²) in [5, 5.41) is 0. The Morgan fingerprint density at radius 1 is 1.40 bits per heavy atom. The molecule has 11 heteroatoms. The number of hydrogen-bond donors (Lipinski definition) is 1. The topological polar surface area (TPSA) is 99.6 Å². The number of nitrogens with zero attached hydrogens (tertiary/aromatic N) is 1. The molecule has 0 bridgehead atoms. The third-order valence-electron chi connectivity index (χ3n) is 4.54. The van der Waals surface area contributed by atoms with E-state index in [2.05, 4.69) is 5.92 Å². The number of carbonyl (C=O) groups excluding carboxylic acids is 1. The van der Waals surface area contributed by atoms with Crippen molar-refractivity contribution < 1.29 is 32.2 Å². The molecule has 1 aromatic rings. The molecule has 1 aliphatic heterocycles. The van der Waals surface area contributed by atoms with E-state index in [1.54, 1.807) is 4.98 Å². The van der Waals surface area contributed by atoms with Crippen LogP contribution < -0.4 is 11.2 Å². The quantitative estimate of drug-likeness (QED) is 0.364. The van der Waals surface area contributed by atoms with Crippen LogP contribution in [0.25, 0.3) is 0 Å². The van der Waals surface area contributed by atoms with Gasteiger partial charge in [0.05, 0.1) is 6.10 Å². The lowest BCUT2D eigenvalue weighted by Crippen LogP contribution is -2.36. The highest BCUT2D eigenvalue weighted by molar-refractivity contribution is 5.69. The number of alkyl halides is 3. The molecule has 30 heavy (non-hydrogen) atoms. The van der Waals surface area contributed by atoms with Crippen LogP contribution in [0.1, 0.15) is 50.8 Å². The van der Waals surface area contributed by atoms with E-state index in [1.165, 1.54) is 0 Å². The van der Waals surface area contributed by atoms with Crippen LogP contribution in [0.4, 0.5) is 13.2 Å². The van der Waals surface area contributed by atoms with E-state index in [0.717, 1.165) is 12.8 Å². The van der Waals surface area contributed by atoms with Crippen LogP contribution in [0.5, 0.6) is 0 Å². The van der Waals surface area contributed by atoms with Crippen molar-refractivity contribution in [3.05, 3.63) is 32.6 Å². The fraction of sp³-hybridized carbons (Fsp3) is 0.632. The van der Waals surface area contributed by atoms with Gasteiger partial charge in [-0.1, -0.05) is 25.7 Å². The molecule has 0 aromatic carbocycles. The molecule has 0 aliphatic carbocycles. The summed E-state index contributed by atoms with van der Waals surface area (Å²) in [6.45, 7) is 1.69. The molecule has 1 saturated heterocycles. The molecule has 3 atom stereocenters. The molecule has 8 nitrogen and oxygen atoms in total. The molecule has 0 spiro atoms. The van der Waals surface area contributed by atoms with Gasteiger partial charge in [0.2, 0.25) is 0 Å². The molecular formula is C19H23F3N2O6. The number of rotatable bonds is 9. The van der Waals surface area contributed by atoms with Crippen molar-refractivity contribution >= 4 is 5.97 Å². The van der Waals surface area contributed by atoms with Gasteiger partial charge >= 0.3 is 17.8 Å². The van der Waals surface area contributed by atoms with Crippen LogP contribution in [0.3, 0.4) is 0 Å². The zero-order valence-corrected chi connectivity index (χ0v) is 16.4. The van der Waals surface area contributed by atoms with Gasteiger partial charge in [0.15, 0.2) is 0 Å². The molecule has 1 aromatic heterocycles. The number of aromatic amines is 1. The molecule has 0 amide bonds. The largest absolute Gasteiger partial charge is 0.463 e. The third-order valence-corrected chi connectivity index (χ3v) is 4.54. The first-order valence-corrected chi connectivity index (χ1v) is 9.46. The zero-order valence-electron chi connectivity index (χ0n) is 16.4. The summed E-state index contributed by atoms with van der Waals surface area (Å²) >= 11 is 0. The summed E-state index contributed by atoms with van der Waals surface area (Å²) in [6.07, 6.45) is 0.603. The van der Waals surface area contributed by atoms with Crippen LogP contribution in [0.2, 0.25) is 0 Å². The normalized spacial score (nSPS) is 21.4. The van der Waals surface area contributed by atoms with Crippen molar-refractivity contribution in [1.82, 2.24) is 9.55 Å². The predicted octanol–water partition coefficient (Wildman–Crippen LogP) is 1.98. The highest BCUT2D eigenvalue weighted by Crippen LogP contribution is 2.32. The summed E-state index contributed by atoms with van der Waals surface area (Å²) in [7, 11) is 0. The monoisotopic (exact) mass is 432 g/mol. The molecule has 0 saturated carbocycles. The Bertz CT molecular complexity index is 886. The van der Waals surface area contributed by atoms with E-state index in [1.807, 2.05) is 6.92 Å². The maximum atomic E-state index is 13.0. The van der Waals surface area contributed by atoms with Crippen molar-refractivity contribution in [2.75, 3.05) is 13.2 Å². The molecule has 1 aliphatic rings. The SMILES string of the molecule is C#CCO[C@H]1C[C@H](n2cc(C(F)(F)F)c(=O)[nH]c2=O)O[C@@H]1COC(=O)CCCCC. The standard InChI is InChI=1S/C19H23F3N2O6/c1-3-5-6-7-16(25)29-11-14-13(28-8-4-2)9-15(30-14)24-10-12(19(20,21)22)17(26)23-18(24)27/h2,10,13-15H,3,5-9,11H2,1H3,(H,23,26,27)/t13-,14+,15+/m0/s1. The fourth-order valence-electron chi connectivity index (χ4n) is 3.02. The van der Waals surface area contributed by atoms with Gasteiger partial charge in [0, 0.05) is 19.0 Å². The number of halogens is 3. The minimum absolute atomic E-state index is 0.0248. The highest BCUT2D eigenvalue weighted by Gasteiger charge is 2.40. The van der Waals surface area contributed by atoms with E-state index in [-0.39, 0.29) is 26.1 Å². The van der Waals surface area contributed by atoms with E-state index in [9.17, 15) is 27.6 Å². The molecule has 0 unspecified atom stereocenters. The molecule has 1 N–H and O–H groups in total. The number of ether oxygens (including phenoxy) is 3. The zero-order chi connectivity index (χ0) is 22.3. The van der Waals surface area contributed by atoms with Crippen molar-refractivity contribution in [2.45, 2.75) is 63.6 Å². The Morgan fingerprint density at radius 2 is 2.13 bits per heavy atom. The first kappa shape index (κ1) is 23.7. The third kappa shape index (κ3) is 6.21. The lowest BCUT2D eigenvalue weighted by molar-refractivity contribution is -0.151. The Balaban J connectivity index is 2.15. The van der Waals surface area contributed by atoms with Gasteiger partial charge in [0.1, 0.15) is 31.1 Å². The lowest BCUT2D eigenvalue weighted by atomic mass is 10.2. The number of aromatic nitrogens is 2. The highest BCUT2D eigenvalue weighted by atomic mass is 19.4. The first-order chi connectivity index (χ1) is 14.2. The van der Waals surface area contributed by atoms with Crippen LogP contribution in [0, 0.1) is 12.3 Å². The van der Waals surface area contributed by atoms with E-state index >= 15 is 0 Å². The Kier molecular flexibility index (Phi) is 8.25. The van der Waals surface area contributed by atoms with Gasteiger partial charge in [-0.2, -0.15) is 13.2 Å². The van der Waals surface area contributed by atoms with Crippen molar-refractivity contribution in [3.8, 4) is 12.3 Å². The van der Waals surface area contributed by atoms with Gasteiger partial charge < -0.3 is 14.2 Å². The van der Waals surface area contributed by atoms with Gasteiger partial charge in [-0.15, -0.1) is 6.42 Å². The Labute approximate surface area is 170 Å². The van der Waals surface area contributed by atoms with Crippen LogP contribution >= 0.6 is 0 Å². The van der Waals surface area contributed by atoms with Crippen LogP contribution in [-0.4, -0.2) is 40.9 Å². The minimum atomic E-state index is -4.95. The summed E-state index contributed by atoms with van der Waals surface area (Å²) in [5.74, 6) is 1.83. The number of H-pyrrole nitrogens is 1. The number of unbranched alkanes of at least 4 members (excludes halogenated alkanes) is 2. The second-order valence-corrected chi connectivity index (χ2v) is 6.77. The number of carbonyl (C=O) groups is 1. The first-order valence-electron chi connectivity index (χ1n) is 9.46. The van der Waals surface area contributed by atoms with Gasteiger partial charge in [-0.05, 0) is 6.42 Å². The van der Waals surface area contributed by atoms with Gasteiger partial charge in [0.25, 0.3) is 5.56 Å². The molecular weight excluding hydrogens is 409 g/mol. The predicted molar refractivity (Wildman–Crippen MR) is 98.5 cm³/mol. The molecule has 166 valence electrons. The number of terminal acetylenes is 1. The Hall–Kier alpha value is -2.58. The number of esters is 1. The van der Waals surface area contributed by atoms with Crippen LogP contribution in [0.15, 0.2) is 15.8 Å². The maximum Gasteiger partial charge on any atom is 0.423 e. The van der Waals surface area contributed by atoms with Gasteiger partial charge in [-0.3, -0.25) is 19.1 Å². The summed E-state index contributed by atoms with van der Waals surface area (Å²) in [4.78, 5) is 37.0. The number of nitrogens with one attached hydrogen (secondary N) is 1. The second kappa shape index (κ2) is 10.4. The average Bonchev–Trinajstić information content (AvgIpc) is 3.06. The molecule has 2 rings (SSSR count). The van der Waals surface area contributed by atoms with Gasteiger partial charge in [-0.25, -0.2) is 4.79 Å². The van der Waals surface area contributed by atoms with Crippen LogP contribution in [-0.2, 0) is 25.2 Å².